The van der Waals surface area contributed by atoms with Gasteiger partial charge < -0.3 is 4.90 Å². The molecule has 19 heavy (non-hydrogen) atoms. The van der Waals surface area contributed by atoms with Crippen LogP contribution in [0.2, 0.25) is 5.02 Å². The second kappa shape index (κ2) is 6.92. The van der Waals surface area contributed by atoms with Crippen LogP contribution < -0.4 is 4.90 Å². The summed E-state index contributed by atoms with van der Waals surface area (Å²) >= 11 is 9.69. The fourth-order valence-corrected chi connectivity index (χ4v) is 2.81. The van der Waals surface area contributed by atoms with E-state index in [1.807, 2.05) is 30.5 Å². The molecule has 0 aliphatic carbocycles. The summed E-state index contributed by atoms with van der Waals surface area (Å²) in [5.74, 6) is 0. The number of benzene rings is 1. The zero-order valence-corrected chi connectivity index (χ0v) is 13.2. The lowest BCUT2D eigenvalue weighted by molar-refractivity contribution is 0.809. The van der Waals surface area contributed by atoms with Gasteiger partial charge in [0.05, 0.1) is 12.2 Å². The van der Waals surface area contributed by atoms with Gasteiger partial charge in [-0.05, 0) is 36.8 Å². The number of nitrogens with zero attached hydrogens (tertiary/aromatic N) is 2. The number of hydrogen-bond donors (Lipinski definition) is 0. The molecule has 0 atom stereocenters. The third-order valence-electron chi connectivity index (χ3n) is 3.01. The van der Waals surface area contributed by atoms with Crippen molar-refractivity contribution in [2.75, 3.05) is 11.4 Å². The van der Waals surface area contributed by atoms with E-state index in [0.29, 0.717) is 0 Å². The normalized spacial score (nSPS) is 10.5. The molecule has 0 amide bonds. The van der Waals surface area contributed by atoms with Gasteiger partial charge >= 0.3 is 0 Å². The molecule has 1 aromatic carbocycles. The molecule has 0 bridgehead atoms. The van der Waals surface area contributed by atoms with Crippen molar-refractivity contribution in [3.8, 4) is 0 Å². The van der Waals surface area contributed by atoms with Gasteiger partial charge in [0.1, 0.15) is 0 Å². The summed E-state index contributed by atoms with van der Waals surface area (Å²) in [6, 6.07) is 12.2. The van der Waals surface area contributed by atoms with Gasteiger partial charge in [0.2, 0.25) is 0 Å². The predicted molar refractivity (Wildman–Crippen MR) is 85.0 cm³/mol. The number of rotatable bonds is 5. The Kier molecular flexibility index (Phi) is 5.23. The minimum atomic E-state index is 0.776. The van der Waals surface area contributed by atoms with Crippen molar-refractivity contribution in [2.24, 2.45) is 0 Å². The molecule has 0 unspecified atom stereocenters. The van der Waals surface area contributed by atoms with E-state index < -0.39 is 0 Å². The average molecular weight is 340 g/mol. The van der Waals surface area contributed by atoms with Crippen molar-refractivity contribution in [3.63, 3.8) is 0 Å². The Morgan fingerprint density at radius 2 is 2.11 bits per heavy atom. The van der Waals surface area contributed by atoms with Crippen molar-refractivity contribution in [2.45, 2.75) is 18.8 Å². The zero-order valence-electron chi connectivity index (χ0n) is 10.8. The molecule has 0 fully saturated rings. The lowest BCUT2D eigenvalue weighted by Crippen LogP contribution is -2.22. The Bertz CT molecular complexity index is 531. The van der Waals surface area contributed by atoms with E-state index in [0.717, 1.165) is 40.4 Å². The van der Waals surface area contributed by atoms with E-state index in [1.54, 1.807) is 0 Å². The zero-order chi connectivity index (χ0) is 13.7. The van der Waals surface area contributed by atoms with Gasteiger partial charge in [-0.1, -0.05) is 39.7 Å². The summed E-state index contributed by atoms with van der Waals surface area (Å²) in [6.45, 7) is 3.84. The molecule has 0 aliphatic rings. The minimum Gasteiger partial charge on any atom is -0.366 e. The van der Waals surface area contributed by atoms with Crippen molar-refractivity contribution < 1.29 is 0 Å². The summed E-state index contributed by atoms with van der Waals surface area (Å²) in [4.78, 5) is 6.62. The molecule has 100 valence electrons. The lowest BCUT2D eigenvalue weighted by atomic mass is 10.2. The Morgan fingerprint density at radius 1 is 1.26 bits per heavy atom. The third kappa shape index (κ3) is 3.71. The molecular formula is C15H16BrClN2. The molecule has 1 heterocycles. The van der Waals surface area contributed by atoms with Crippen LogP contribution in [0.5, 0.6) is 0 Å². The number of halogens is 2. The van der Waals surface area contributed by atoms with Crippen LogP contribution in [0.1, 0.15) is 18.2 Å². The monoisotopic (exact) mass is 338 g/mol. The lowest BCUT2D eigenvalue weighted by Gasteiger charge is -2.23. The first-order valence-electron chi connectivity index (χ1n) is 6.24. The van der Waals surface area contributed by atoms with E-state index in [4.69, 9.17) is 11.6 Å². The van der Waals surface area contributed by atoms with E-state index in [2.05, 4.69) is 44.9 Å². The van der Waals surface area contributed by atoms with Crippen LogP contribution in [-0.4, -0.2) is 11.5 Å². The second-order valence-electron chi connectivity index (χ2n) is 4.24. The van der Waals surface area contributed by atoms with Crippen molar-refractivity contribution in [3.05, 3.63) is 58.9 Å². The number of anilines is 1. The maximum Gasteiger partial charge on any atom is 0.0601 e. The van der Waals surface area contributed by atoms with Crippen LogP contribution in [0.15, 0.2) is 42.6 Å². The third-order valence-corrected chi connectivity index (χ3v) is 3.96. The molecule has 0 saturated carbocycles. The second-order valence-corrected chi connectivity index (χ2v) is 5.21. The number of alkyl halides is 1. The first kappa shape index (κ1) is 14.4. The van der Waals surface area contributed by atoms with Gasteiger partial charge in [-0.2, -0.15) is 0 Å². The Balaban J connectivity index is 2.20. The standard InChI is InChI=1S/C15H16BrClN2/c1-2-19(11-13-5-3-4-8-18-13)14-7-6-12(10-16)15(17)9-14/h3-9H,2,10-11H2,1H3. The Labute approximate surface area is 127 Å². The maximum atomic E-state index is 6.26. The van der Waals surface area contributed by atoms with Crippen LogP contribution in [0.25, 0.3) is 0 Å². The number of hydrogen-bond acceptors (Lipinski definition) is 2. The fourth-order valence-electron chi connectivity index (χ4n) is 1.91. The molecule has 0 radical (unpaired) electrons. The summed E-state index contributed by atoms with van der Waals surface area (Å²) in [6.07, 6.45) is 1.82. The molecule has 0 saturated heterocycles. The van der Waals surface area contributed by atoms with Crippen molar-refractivity contribution in [1.29, 1.82) is 0 Å². The quantitative estimate of drug-likeness (QED) is 0.737. The number of aromatic nitrogens is 1. The van der Waals surface area contributed by atoms with E-state index >= 15 is 0 Å². The first-order valence-corrected chi connectivity index (χ1v) is 7.73. The summed E-state index contributed by atoms with van der Waals surface area (Å²) in [5.41, 5.74) is 3.30. The molecule has 4 heteroatoms. The van der Waals surface area contributed by atoms with E-state index in [1.165, 1.54) is 0 Å². The van der Waals surface area contributed by atoms with E-state index in [9.17, 15) is 0 Å². The van der Waals surface area contributed by atoms with Crippen LogP contribution in [0.3, 0.4) is 0 Å². The van der Waals surface area contributed by atoms with Crippen LogP contribution in [-0.2, 0) is 11.9 Å². The molecule has 0 N–H and O–H groups in total. The van der Waals surface area contributed by atoms with Gasteiger partial charge in [0.15, 0.2) is 0 Å². The van der Waals surface area contributed by atoms with Gasteiger partial charge in [-0.3, -0.25) is 4.98 Å². The first-order chi connectivity index (χ1) is 9.24. The predicted octanol–water partition coefficient (Wildman–Crippen LogP) is 4.66. The Morgan fingerprint density at radius 3 is 2.68 bits per heavy atom. The molecule has 1 aromatic heterocycles. The van der Waals surface area contributed by atoms with Gasteiger partial charge in [-0.15, -0.1) is 0 Å². The minimum absolute atomic E-state index is 0.776. The highest BCUT2D eigenvalue weighted by Crippen LogP contribution is 2.26. The SMILES string of the molecule is CCN(Cc1ccccn1)c1ccc(CBr)c(Cl)c1. The van der Waals surface area contributed by atoms with Gasteiger partial charge in [0, 0.05) is 28.8 Å². The van der Waals surface area contributed by atoms with Gasteiger partial charge in [-0.25, -0.2) is 0 Å². The molecule has 2 rings (SSSR count). The van der Waals surface area contributed by atoms with E-state index in [-0.39, 0.29) is 0 Å². The maximum absolute atomic E-state index is 6.26. The van der Waals surface area contributed by atoms with Gasteiger partial charge in [0.25, 0.3) is 0 Å². The molecule has 0 spiro atoms. The summed E-state index contributed by atoms with van der Waals surface area (Å²) in [5, 5.41) is 1.58. The molecule has 2 aromatic rings. The van der Waals surface area contributed by atoms with Crippen LogP contribution >= 0.6 is 27.5 Å². The Hall–Kier alpha value is -1.06. The average Bonchev–Trinajstić information content (AvgIpc) is 2.46. The molecule has 2 nitrogen and oxygen atoms in total. The highest BCUT2D eigenvalue weighted by Gasteiger charge is 2.08. The fraction of sp³-hybridized carbons (Fsp3) is 0.267. The number of pyridine rings is 1. The molecular weight excluding hydrogens is 324 g/mol. The van der Waals surface area contributed by atoms with Crippen LogP contribution in [0, 0.1) is 0 Å². The van der Waals surface area contributed by atoms with Crippen LogP contribution in [0.4, 0.5) is 5.69 Å². The summed E-state index contributed by atoms with van der Waals surface area (Å²) in [7, 11) is 0. The topological polar surface area (TPSA) is 16.1 Å². The van der Waals surface area contributed by atoms with Crippen molar-refractivity contribution >= 4 is 33.2 Å². The smallest absolute Gasteiger partial charge is 0.0601 e. The largest absolute Gasteiger partial charge is 0.366 e. The molecule has 0 aliphatic heterocycles. The van der Waals surface area contributed by atoms with Crippen molar-refractivity contribution in [1.82, 2.24) is 4.98 Å². The summed E-state index contributed by atoms with van der Waals surface area (Å²) < 4.78 is 0. The highest BCUT2D eigenvalue weighted by molar-refractivity contribution is 9.08. The highest BCUT2D eigenvalue weighted by atomic mass is 79.9.